The van der Waals surface area contributed by atoms with Gasteiger partial charge < -0.3 is 9.47 Å². The third kappa shape index (κ3) is 1.75. The summed E-state index contributed by atoms with van der Waals surface area (Å²) in [6, 6.07) is 6.69. The van der Waals surface area contributed by atoms with Crippen LogP contribution in [-0.2, 0) is 12.8 Å². The maximum Gasteiger partial charge on any atom is 0.258 e. The fourth-order valence-electron chi connectivity index (χ4n) is 4.95. The summed E-state index contributed by atoms with van der Waals surface area (Å²) >= 11 is 0. The van der Waals surface area contributed by atoms with Gasteiger partial charge >= 0.3 is 0 Å². The molecule has 0 saturated carbocycles. The lowest BCUT2D eigenvalue weighted by atomic mass is 9.83. The van der Waals surface area contributed by atoms with Gasteiger partial charge in [-0.15, -0.1) is 0 Å². The number of rotatable bonds is 1. The van der Waals surface area contributed by atoms with Gasteiger partial charge in [-0.05, 0) is 73.7 Å². The van der Waals surface area contributed by atoms with Gasteiger partial charge in [0.05, 0.1) is 6.04 Å². The first-order valence-electron chi connectivity index (χ1n) is 8.69. The van der Waals surface area contributed by atoms with Gasteiger partial charge in [0.2, 0.25) is 0 Å². The maximum atomic E-state index is 13.1. The molecule has 3 fully saturated rings. The Bertz CT molecular complexity index is 799. The number of nitrogens with zero attached hydrogens (tertiary/aromatic N) is 2. The van der Waals surface area contributed by atoms with Crippen LogP contribution in [0.2, 0.25) is 0 Å². The second kappa shape index (κ2) is 4.69. The summed E-state index contributed by atoms with van der Waals surface area (Å²) in [4.78, 5) is 15.6. The zero-order chi connectivity index (χ0) is 14.7. The Morgan fingerprint density at radius 1 is 1.05 bits per heavy atom. The van der Waals surface area contributed by atoms with Crippen LogP contribution >= 0.6 is 0 Å². The predicted octanol–water partition coefficient (Wildman–Crippen LogP) is 2.76. The van der Waals surface area contributed by atoms with Gasteiger partial charge in [0.25, 0.3) is 5.56 Å². The summed E-state index contributed by atoms with van der Waals surface area (Å²) in [7, 11) is 0. The second-order valence-corrected chi connectivity index (χ2v) is 7.27. The first kappa shape index (κ1) is 12.9. The van der Waals surface area contributed by atoms with Crippen LogP contribution in [-0.4, -0.2) is 29.1 Å². The molecule has 3 aliphatic heterocycles. The van der Waals surface area contributed by atoms with E-state index in [-0.39, 0.29) is 5.56 Å². The van der Waals surface area contributed by atoms with Crippen LogP contribution < -0.4 is 5.56 Å². The van der Waals surface area contributed by atoms with E-state index < -0.39 is 0 Å². The number of aryl methyl sites for hydroxylation is 2. The number of fused-ring (bicyclic) bond motifs is 3. The molecule has 4 aliphatic rings. The SMILES string of the molecule is O=c1c2cccc3c2c(cn1[C@H]1CN2CCC1CC2)CCC3. The Labute approximate surface area is 130 Å². The Hall–Kier alpha value is -1.61. The van der Waals surface area contributed by atoms with Gasteiger partial charge in [-0.1, -0.05) is 12.1 Å². The lowest BCUT2D eigenvalue weighted by molar-refractivity contribution is 0.0555. The first-order chi connectivity index (χ1) is 10.8. The molecule has 3 saturated heterocycles. The highest BCUT2D eigenvalue weighted by atomic mass is 16.1. The molecule has 6 rings (SSSR count). The average Bonchev–Trinajstić information content (AvgIpc) is 2.59. The molecular weight excluding hydrogens is 272 g/mol. The lowest BCUT2D eigenvalue weighted by Gasteiger charge is -2.45. The monoisotopic (exact) mass is 294 g/mol. The molecule has 0 unspecified atom stereocenters. The predicted molar refractivity (Wildman–Crippen MR) is 88.4 cm³/mol. The maximum absolute atomic E-state index is 13.1. The van der Waals surface area contributed by atoms with Crippen molar-refractivity contribution in [2.45, 2.75) is 38.1 Å². The topological polar surface area (TPSA) is 25.2 Å². The molecule has 3 heteroatoms. The molecule has 2 aromatic rings. The zero-order valence-electron chi connectivity index (χ0n) is 12.9. The third-order valence-corrected chi connectivity index (χ3v) is 6.10. The molecule has 3 nitrogen and oxygen atoms in total. The summed E-state index contributed by atoms with van der Waals surface area (Å²) < 4.78 is 2.10. The molecule has 0 N–H and O–H groups in total. The summed E-state index contributed by atoms with van der Waals surface area (Å²) in [6.45, 7) is 3.51. The Kier molecular flexibility index (Phi) is 2.75. The first-order valence-corrected chi connectivity index (χ1v) is 8.69. The van der Waals surface area contributed by atoms with Gasteiger partial charge in [-0.25, -0.2) is 0 Å². The number of hydrogen-bond donors (Lipinski definition) is 0. The van der Waals surface area contributed by atoms with Crippen LogP contribution in [0.25, 0.3) is 10.8 Å². The van der Waals surface area contributed by atoms with Crippen molar-refractivity contribution in [2.24, 2.45) is 5.92 Å². The van der Waals surface area contributed by atoms with Crippen LogP contribution in [0, 0.1) is 5.92 Å². The molecule has 0 amide bonds. The molecule has 0 spiro atoms. The van der Waals surface area contributed by atoms with Gasteiger partial charge in [-0.3, -0.25) is 4.79 Å². The number of pyridine rings is 1. The fourth-order valence-corrected chi connectivity index (χ4v) is 4.95. The van der Waals surface area contributed by atoms with Crippen LogP contribution in [0.1, 0.15) is 36.4 Å². The molecule has 1 aliphatic carbocycles. The highest BCUT2D eigenvalue weighted by Crippen LogP contribution is 2.36. The summed E-state index contributed by atoms with van der Waals surface area (Å²) in [5.41, 5.74) is 3.01. The minimum absolute atomic E-state index is 0.237. The number of hydrogen-bond acceptors (Lipinski definition) is 2. The highest BCUT2D eigenvalue weighted by Gasteiger charge is 2.36. The lowest BCUT2D eigenvalue weighted by Crippen LogP contribution is -2.50. The molecule has 114 valence electrons. The summed E-state index contributed by atoms with van der Waals surface area (Å²) in [5, 5.41) is 2.21. The van der Waals surface area contributed by atoms with Crippen molar-refractivity contribution in [1.29, 1.82) is 0 Å². The number of piperidine rings is 3. The van der Waals surface area contributed by atoms with Crippen molar-refractivity contribution >= 4 is 10.8 Å². The molecule has 1 aromatic heterocycles. The van der Waals surface area contributed by atoms with Crippen molar-refractivity contribution < 1.29 is 0 Å². The zero-order valence-corrected chi connectivity index (χ0v) is 12.9. The van der Waals surface area contributed by atoms with E-state index in [0.29, 0.717) is 12.0 Å². The molecule has 0 radical (unpaired) electrons. The van der Waals surface area contributed by atoms with E-state index in [4.69, 9.17) is 0 Å². The van der Waals surface area contributed by atoms with Crippen LogP contribution in [0.5, 0.6) is 0 Å². The quantitative estimate of drug-likeness (QED) is 0.808. The van der Waals surface area contributed by atoms with E-state index in [0.717, 1.165) is 24.8 Å². The van der Waals surface area contributed by atoms with Crippen molar-refractivity contribution in [3.8, 4) is 0 Å². The number of benzene rings is 1. The summed E-state index contributed by atoms with van der Waals surface area (Å²) in [5.74, 6) is 0.694. The largest absolute Gasteiger partial charge is 0.310 e. The van der Waals surface area contributed by atoms with Crippen molar-refractivity contribution in [1.82, 2.24) is 9.47 Å². The van der Waals surface area contributed by atoms with Crippen LogP contribution in [0.4, 0.5) is 0 Å². The van der Waals surface area contributed by atoms with Crippen molar-refractivity contribution in [3.05, 3.63) is 45.9 Å². The van der Waals surface area contributed by atoms with E-state index in [1.165, 1.54) is 48.9 Å². The Morgan fingerprint density at radius 3 is 2.64 bits per heavy atom. The van der Waals surface area contributed by atoms with Gasteiger partial charge in [-0.2, -0.15) is 0 Å². The Morgan fingerprint density at radius 2 is 1.86 bits per heavy atom. The molecule has 22 heavy (non-hydrogen) atoms. The van der Waals surface area contributed by atoms with Crippen molar-refractivity contribution in [2.75, 3.05) is 19.6 Å². The van der Waals surface area contributed by atoms with E-state index in [1.807, 2.05) is 6.07 Å². The minimum Gasteiger partial charge on any atom is -0.310 e. The Balaban J connectivity index is 1.72. The minimum atomic E-state index is 0.237. The smallest absolute Gasteiger partial charge is 0.258 e. The van der Waals surface area contributed by atoms with Crippen LogP contribution in [0.15, 0.2) is 29.2 Å². The average molecular weight is 294 g/mol. The van der Waals surface area contributed by atoms with Crippen molar-refractivity contribution in [3.63, 3.8) is 0 Å². The van der Waals surface area contributed by atoms with E-state index >= 15 is 0 Å². The third-order valence-electron chi connectivity index (χ3n) is 6.10. The van der Waals surface area contributed by atoms with Gasteiger partial charge in [0, 0.05) is 18.1 Å². The fraction of sp³-hybridized carbons (Fsp3) is 0.526. The van der Waals surface area contributed by atoms with E-state index in [2.05, 4.69) is 27.8 Å². The summed E-state index contributed by atoms with van der Waals surface area (Å²) in [6.07, 6.45) is 8.17. The van der Waals surface area contributed by atoms with Gasteiger partial charge in [0.1, 0.15) is 0 Å². The molecule has 2 bridgehead atoms. The molecule has 1 aromatic carbocycles. The van der Waals surface area contributed by atoms with Gasteiger partial charge in [0.15, 0.2) is 0 Å². The number of aromatic nitrogens is 1. The van der Waals surface area contributed by atoms with E-state index in [9.17, 15) is 4.79 Å². The normalized spacial score (nSPS) is 29.9. The molecule has 1 atom stereocenters. The molecular formula is C19H22N2O. The highest BCUT2D eigenvalue weighted by molar-refractivity contribution is 5.88. The molecule has 4 heterocycles. The standard InChI is InChI=1S/C19H22N2O/c22-19-16-6-2-4-14-3-1-5-15(18(14)16)11-21(19)17-12-20-9-7-13(17)8-10-20/h2,4,6,11,13,17H,1,3,5,7-10,12H2/t17-/m0/s1. The second-order valence-electron chi connectivity index (χ2n) is 7.27. The van der Waals surface area contributed by atoms with E-state index in [1.54, 1.807) is 0 Å². The van der Waals surface area contributed by atoms with Crippen LogP contribution in [0.3, 0.4) is 0 Å².